The SMILES string of the molecule is FC(F)(F)c1cnc(SCc2nc3ccccc3o2)c(Cl)c1. The second-order valence-electron chi connectivity index (χ2n) is 4.37. The van der Waals surface area contributed by atoms with Crippen molar-refractivity contribution in [3.63, 3.8) is 0 Å². The molecule has 22 heavy (non-hydrogen) atoms. The van der Waals surface area contributed by atoms with E-state index in [1.54, 1.807) is 6.07 Å². The number of nitrogens with zero attached hydrogens (tertiary/aromatic N) is 2. The van der Waals surface area contributed by atoms with Gasteiger partial charge < -0.3 is 4.42 Å². The average Bonchev–Trinajstić information content (AvgIpc) is 2.87. The molecule has 0 aliphatic heterocycles. The van der Waals surface area contributed by atoms with E-state index in [2.05, 4.69) is 9.97 Å². The lowest BCUT2D eigenvalue weighted by Gasteiger charge is -2.08. The van der Waals surface area contributed by atoms with E-state index in [1.165, 1.54) is 11.8 Å². The first-order valence-electron chi connectivity index (χ1n) is 6.13. The van der Waals surface area contributed by atoms with Gasteiger partial charge in [0.1, 0.15) is 10.5 Å². The van der Waals surface area contributed by atoms with Crippen molar-refractivity contribution in [1.82, 2.24) is 9.97 Å². The lowest BCUT2D eigenvalue weighted by Crippen LogP contribution is -2.05. The minimum absolute atomic E-state index is 0.0454. The largest absolute Gasteiger partial charge is 0.440 e. The molecular weight excluding hydrogens is 337 g/mol. The van der Waals surface area contributed by atoms with E-state index < -0.39 is 11.7 Å². The van der Waals surface area contributed by atoms with E-state index in [1.807, 2.05) is 18.2 Å². The number of hydrogen-bond donors (Lipinski definition) is 0. The van der Waals surface area contributed by atoms with Crippen molar-refractivity contribution < 1.29 is 17.6 Å². The Morgan fingerprint density at radius 2 is 2.00 bits per heavy atom. The van der Waals surface area contributed by atoms with Crippen molar-refractivity contribution in [2.24, 2.45) is 0 Å². The second-order valence-corrected chi connectivity index (χ2v) is 5.74. The summed E-state index contributed by atoms with van der Waals surface area (Å²) in [4.78, 5) is 8.03. The molecule has 0 fully saturated rings. The molecule has 2 heterocycles. The summed E-state index contributed by atoms with van der Waals surface area (Å²) in [5, 5.41) is 0.257. The number of para-hydroxylation sites is 2. The number of fused-ring (bicyclic) bond motifs is 1. The number of thioether (sulfide) groups is 1. The number of rotatable bonds is 3. The predicted molar refractivity (Wildman–Crippen MR) is 77.8 cm³/mol. The van der Waals surface area contributed by atoms with Crippen LogP contribution in [0.1, 0.15) is 11.5 Å². The molecule has 2 aromatic heterocycles. The normalized spacial score (nSPS) is 12.0. The molecule has 3 rings (SSSR count). The van der Waals surface area contributed by atoms with E-state index in [4.69, 9.17) is 16.0 Å². The van der Waals surface area contributed by atoms with Crippen LogP contribution in [0.2, 0.25) is 5.02 Å². The Morgan fingerprint density at radius 3 is 2.68 bits per heavy atom. The third kappa shape index (κ3) is 3.20. The van der Waals surface area contributed by atoms with Gasteiger partial charge >= 0.3 is 6.18 Å². The molecule has 3 aromatic rings. The molecule has 0 aliphatic rings. The van der Waals surface area contributed by atoms with Gasteiger partial charge in [-0.2, -0.15) is 13.2 Å². The van der Waals surface area contributed by atoms with Crippen LogP contribution in [0.25, 0.3) is 11.1 Å². The molecule has 0 radical (unpaired) electrons. The fourth-order valence-corrected chi connectivity index (χ4v) is 2.84. The van der Waals surface area contributed by atoms with Crippen molar-refractivity contribution in [2.45, 2.75) is 17.0 Å². The molecule has 0 saturated carbocycles. The molecule has 0 saturated heterocycles. The third-order valence-electron chi connectivity index (χ3n) is 2.81. The van der Waals surface area contributed by atoms with Crippen molar-refractivity contribution in [2.75, 3.05) is 0 Å². The van der Waals surface area contributed by atoms with Gasteiger partial charge in [-0.3, -0.25) is 0 Å². The molecule has 0 bridgehead atoms. The highest BCUT2D eigenvalue weighted by atomic mass is 35.5. The van der Waals surface area contributed by atoms with Gasteiger partial charge in [-0.15, -0.1) is 0 Å². The van der Waals surface area contributed by atoms with E-state index in [0.717, 1.165) is 17.8 Å². The summed E-state index contributed by atoms with van der Waals surface area (Å²) in [5.41, 5.74) is 0.512. The Kier molecular flexibility index (Phi) is 4.01. The fourth-order valence-electron chi connectivity index (χ4n) is 1.80. The molecular formula is C14H8ClF3N2OS. The Balaban J connectivity index is 1.76. The number of oxazole rings is 1. The fraction of sp³-hybridized carbons (Fsp3) is 0.143. The van der Waals surface area contributed by atoms with Gasteiger partial charge in [-0.1, -0.05) is 35.5 Å². The third-order valence-corrected chi connectivity index (χ3v) is 4.20. The molecule has 0 aliphatic carbocycles. The zero-order valence-corrected chi connectivity index (χ0v) is 12.5. The molecule has 114 valence electrons. The first-order valence-corrected chi connectivity index (χ1v) is 7.50. The highest BCUT2D eigenvalue weighted by molar-refractivity contribution is 7.98. The minimum Gasteiger partial charge on any atom is -0.440 e. The molecule has 0 N–H and O–H groups in total. The first kappa shape index (κ1) is 15.2. The van der Waals surface area contributed by atoms with Crippen LogP contribution in [0.5, 0.6) is 0 Å². The van der Waals surface area contributed by atoms with Crippen molar-refractivity contribution in [1.29, 1.82) is 0 Å². The van der Waals surface area contributed by atoms with Crippen molar-refractivity contribution in [3.8, 4) is 0 Å². The number of alkyl halides is 3. The summed E-state index contributed by atoms with van der Waals surface area (Å²) >= 11 is 7.01. The van der Waals surface area contributed by atoms with E-state index in [0.29, 0.717) is 22.3 Å². The molecule has 1 aromatic carbocycles. The zero-order chi connectivity index (χ0) is 15.7. The Labute approximate surface area is 132 Å². The Morgan fingerprint density at radius 1 is 1.23 bits per heavy atom. The highest BCUT2D eigenvalue weighted by Crippen LogP contribution is 2.34. The van der Waals surface area contributed by atoms with Crippen LogP contribution >= 0.6 is 23.4 Å². The standard InChI is InChI=1S/C14H8ClF3N2OS/c15-9-5-8(14(16,17)18)6-19-13(9)22-7-12-20-10-3-1-2-4-11(10)21-12/h1-6H,7H2. The molecule has 3 nitrogen and oxygen atoms in total. The van der Waals surface area contributed by atoms with Gasteiger partial charge in [0.2, 0.25) is 5.89 Å². The van der Waals surface area contributed by atoms with Crippen LogP contribution < -0.4 is 0 Å². The number of hydrogen-bond acceptors (Lipinski definition) is 4. The van der Waals surface area contributed by atoms with Crippen molar-refractivity contribution in [3.05, 3.63) is 53.0 Å². The van der Waals surface area contributed by atoms with Gasteiger partial charge in [-0.05, 0) is 18.2 Å². The quantitative estimate of drug-likeness (QED) is 0.613. The number of pyridine rings is 1. The minimum atomic E-state index is -4.46. The topological polar surface area (TPSA) is 38.9 Å². The summed E-state index contributed by atoms with van der Waals surface area (Å²) in [6, 6.07) is 8.15. The lowest BCUT2D eigenvalue weighted by atomic mass is 10.3. The summed E-state index contributed by atoms with van der Waals surface area (Å²) in [7, 11) is 0. The van der Waals surface area contributed by atoms with Crippen LogP contribution in [0.4, 0.5) is 13.2 Å². The summed E-state index contributed by atoms with van der Waals surface area (Å²) < 4.78 is 43.1. The molecule has 0 spiro atoms. The lowest BCUT2D eigenvalue weighted by molar-refractivity contribution is -0.137. The number of benzene rings is 1. The number of aromatic nitrogens is 2. The summed E-state index contributed by atoms with van der Waals surface area (Å²) in [6.45, 7) is 0. The molecule has 0 amide bonds. The van der Waals surface area contributed by atoms with Crippen molar-refractivity contribution >= 4 is 34.5 Å². The van der Waals surface area contributed by atoms with Gasteiger partial charge in [0.25, 0.3) is 0 Å². The van der Waals surface area contributed by atoms with Gasteiger partial charge in [0.15, 0.2) is 5.58 Å². The smallest absolute Gasteiger partial charge is 0.417 e. The van der Waals surface area contributed by atoms with E-state index >= 15 is 0 Å². The van der Waals surface area contributed by atoms with Crippen LogP contribution in [-0.2, 0) is 11.9 Å². The average molecular weight is 345 g/mol. The predicted octanol–water partition coefficient (Wildman–Crippen LogP) is 5.19. The Bertz CT molecular complexity index is 786. The van der Waals surface area contributed by atoms with Gasteiger partial charge in [-0.25, -0.2) is 9.97 Å². The maximum absolute atomic E-state index is 12.5. The highest BCUT2D eigenvalue weighted by Gasteiger charge is 2.31. The Hall–Kier alpha value is -1.73. The van der Waals surface area contributed by atoms with Crippen LogP contribution in [0, 0.1) is 0 Å². The summed E-state index contributed by atoms with van der Waals surface area (Å²) in [5.74, 6) is 0.788. The van der Waals surface area contributed by atoms with Crippen LogP contribution in [0.15, 0.2) is 46.0 Å². The first-order chi connectivity index (χ1) is 10.4. The van der Waals surface area contributed by atoms with E-state index in [-0.39, 0.29) is 5.02 Å². The molecule has 0 unspecified atom stereocenters. The zero-order valence-electron chi connectivity index (χ0n) is 10.9. The summed E-state index contributed by atoms with van der Waals surface area (Å²) in [6.07, 6.45) is -3.69. The maximum atomic E-state index is 12.5. The van der Waals surface area contributed by atoms with Gasteiger partial charge in [0, 0.05) is 6.20 Å². The molecule has 0 atom stereocenters. The second kappa shape index (κ2) is 5.81. The van der Waals surface area contributed by atoms with E-state index in [9.17, 15) is 13.2 Å². The van der Waals surface area contributed by atoms with Gasteiger partial charge in [0.05, 0.1) is 16.3 Å². The monoisotopic (exact) mass is 344 g/mol. The molecule has 8 heteroatoms. The van der Waals surface area contributed by atoms with Crippen LogP contribution in [-0.4, -0.2) is 9.97 Å². The maximum Gasteiger partial charge on any atom is 0.417 e. The number of halogens is 4. The van der Waals surface area contributed by atoms with Crippen LogP contribution in [0.3, 0.4) is 0 Å².